The number of rotatable bonds is 19. The van der Waals surface area contributed by atoms with Gasteiger partial charge in [-0.25, -0.2) is 9.69 Å². The third-order valence-electron chi connectivity index (χ3n) is 11.6. The molecule has 2 saturated heterocycles. The third-order valence-corrected chi connectivity index (χ3v) is 11.6. The Morgan fingerprint density at radius 3 is 2.26 bits per heavy atom. The van der Waals surface area contributed by atoms with Gasteiger partial charge < -0.3 is 48.3 Å². The van der Waals surface area contributed by atoms with Gasteiger partial charge in [0.15, 0.2) is 30.1 Å². The number of Topliss-reactive ketones (excluding diaryl/α,β-unsaturated/α-hetero) is 1. The van der Waals surface area contributed by atoms with Gasteiger partial charge in [-0.05, 0) is 80.8 Å². The van der Waals surface area contributed by atoms with Gasteiger partial charge >= 0.3 is 12.1 Å². The number of amides is 2. The second kappa shape index (κ2) is 20.7. The van der Waals surface area contributed by atoms with Crippen LogP contribution < -0.4 is 19.1 Å². The Balaban J connectivity index is 1.08. The summed E-state index contributed by atoms with van der Waals surface area (Å²) in [5.74, 6) is -0.900. The maximum atomic E-state index is 13.7. The first-order valence-electron chi connectivity index (χ1n) is 20.9. The number of methoxy groups -OCH3 is 2. The van der Waals surface area contributed by atoms with Crippen LogP contribution in [0.5, 0.6) is 17.2 Å². The number of hydrogen-bond donors (Lipinski definition) is 2. The van der Waals surface area contributed by atoms with Gasteiger partial charge in [-0.2, -0.15) is 0 Å². The van der Waals surface area contributed by atoms with Gasteiger partial charge in [-0.3, -0.25) is 19.3 Å². The lowest BCUT2D eigenvalue weighted by atomic mass is 9.86. The fourth-order valence-corrected chi connectivity index (χ4v) is 8.49. The molecule has 2 aromatic rings. The van der Waals surface area contributed by atoms with Gasteiger partial charge in [0.25, 0.3) is 5.91 Å². The summed E-state index contributed by atoms with van der Waals surface area (Å²) in [5, 5.41) is 23.1. The molecular weight excluding hydrogens is 791 g/mol. The average Bonchev–Trinajstić information content (AvgIpc) is 3.77. The molecule has 0 bridgehead atoms. The molecule has 2 amide bonds. The van der Waals surface area contributed by atoms with Crippen molar-refractivity contribution in [2.24, 2.45) is 0 Å². The molecule has 0 spiro atoms. The molecule has 6 rings (SSSR count). The topological polar surface area (TPSA) is 183 Å². The molecule has 5 atom stereocenters. The Kier molecular flexibility index (Phi) is 15.5. The normalized spacial score (nSPS) is 22.1. The van der Waals surface area contributed by atoms with Crippen LogP contribution in [0.2, 0.25) is 0 Å². The summed E-state index contributed by atoms with van der Waals surface area (Å²) in [4.78, 5) is 58.0. The van der Waals surface area contributed by atoms with Crippen LogP contribution in [-0.2, 0) is 35.1 Å². The highest BCUT2D eigenvalue weighted by atomic mass is 16.6. The fourth-order valence-electron chi connectivity index (χ4n) is 8.49. The van der Waals surface area contributed by atoms with E-state index in [9.17, 15) is 29.4 Å². The molecule has 2 fully saturated rings. The van der Waals surface area contributed by atoms with Gasteiger partial charge in [0, 0.05) is 44.8 Å². The molecule has 0 radical (unpaired) electrons. The van der Waals surface area contributed by atoms with Crippen molar-refractivity contribution in [1.82, 2.24) is 9.80 Å². The van der Waals surface area contributed by atoms with Gasteiger partial charge in [0.1, 0.15) is 11.7 Å². The van der Waals surface area contributed by atoms with E-state index in [4.69, 9.17) is 33.2 Å². The van der Waals surface area contributed by atoms with E-state index in [-0.39, 0.29) is 31.3 Å². The number of esters is 1. The van der Waals surface area contributed by atoms with Crippen LogP contribution in [0.1, 0.15) is 78.4 Å². The van der Waals surface area contributed by atoms with E-state index in [0.717, 1.165) is 23.1 Å². The molecule has 61 heavy (non-hydrogen) atoms. The maximum Gasteiger partial charge on any atom is 0.416 e. The molecule has 332 valence electrons. The second-order valence-electron chi connectivity index (χ2n) is 15.9. The summed E-state index contributed by atoms with van der Waals surface area (Å²) in [5.41, 5.74) is 4.30. The van der Waals surface area contributed by atoms with Crippen molar-refractivity contribution < 1.29 is 62.5 Å². The molecule has 4 heterocycles. The van der Waals surface area contributed by atoms with Crippen molar-refractivity contribution >= 4 is 29.4 Å². The van der Waals surface area contributed by atoms with Gasteiger partial charge in [-0.1, -0.05) is 24.3 Å². The lowest BCUT2D eigenvalue weighted by Gasteiger charge is -2.31. The number of carbonyl (C=O) groups is 4. The van der Waals surface area contributed by atoms with Crippen LogP contribution in [0.3, 0.4) is 0 Å². The predicted molar refractivity (Wildman–Crippen MR) is 223 cm³/mol. The number of aryl methyl sites for hydroxylation is 1. The SMILES string of the molecule is C=C1C[C@H]2[C@H](O)N(C(=O)OCC(=O)CCOCCOC)c3cc(OCCCCCOc4cc5c(cc4C)C(=O)N4CC(=C)C[C@H]4[C@H](O)C5C(=O)OCC)c(OC)cc3CN2C1. The first-order valence-corrected chi connectivity index (χ1v) is 20.9. The number of carbonyl (C=O) groups excluding carboxylic acids is 4. The lowest BCUT2D eigenvalue weighted by Crippen LogP contribution is -2.50. The predicted octanol–water partition coefficient (Wildman–Crippen LogP) is 4.45. The fraction of sp³-hybridized carbons (Fsp3) is 0.556. The van der Waals surface area contributed by atoms with Crippen LogP contribution in [-0.4, -0.2) is 142 Å². The summed E-state index contributed by atoms with van der Waals surface area (Å²) < 4.78 is 39.2. The molecule has 0 aromatic heterocycles. The number of fused-ring (bicyclic) bond motifs is 4. The molecule has 0 saturated carbocycles. The van der Waals surface area contributed by atoms with Crippen molar-refractivity contribution in [1.29, 1.82) is 0 Å². The number of benzene rings is 2. The van der Waals surface area contributed by atoms with Crippen molar-refractivity contribution in [3.8, 4) is 17.2 Å². The van der Waals surface area contributed by atoms with Crippen molar-refractivity contribution in [2.75, 3.05) is 78.5 Å². The number of aliphatic hydroxyl groups excluding tert-OH is 2. The highest BCUT2D eigenvalue weighted by molar-refractivity contribution is 6.00. The van der Waals surface area contributed by atoms with Crippen LogP contribution in [0, 0.1) is 6.92 Å². The molecule has 2 aromatic carbocycles. The first kappa shape index (κ1) is 45.5. The standard InChI is InChI=1S/C45H59N3O13/c1-7-58-44(53)40-32-21-37(29(4)19-33(32)42(51)47-24-28(3)17-35(47)41(40)50)59-12-9-8-10-13-60-39-22-34-30(20-38(39)56-6)25-46-23-27(2)18-36(46)43(52)48(34)45(54)61-26-31(49)11-14-57-16-15-55-5/h19-22,35-36,40-41,43,50,52H,2-3,7-18,23-26H2,1,4-6H3/t35-,36-,40?,41-,43-/m0/s1. The number of ketones is 1. The maximum absolute atomic E-state index is 13.7. The average molecular weight is 850 g/mol. The summed E-state index contributed by atoms with van der Waals surface area (Å²) in [7, 11) is 3.09. The van der Waals surface area contributed by atoms with Crippen LogP contribution in [0.4, 0.5) is 10.5 Å². The highest BCUT2D eigenvalue weighted by Gasteiger charge is 2.48. The minimum Gasteiger partial charge on any atom is -0.493 e. The molecule has 4 aliphatic heterocycles. The quantitative estimate of drug-likeness (QED) is 0.115. The van der Waals surface area contributed by atoms with Crippen LogP contribution in [0.15, 0.2) is 48.6 Å². The van der Waals surface area contributed by atoms with E-state index in [1.54, 1.807) is 43.2 Å². The van der Waals surface area contributed by atoms with Gasteiger partial charge in [0.2, 0.25) is 0 Å². The van der Waals surface area contributed by atoms with Gasteiger partial charge in [-0.15, -0.1) is 0 Å². The van der Waals surface area contributed by atoms with Crippen molar-refractivity contribution in [2.45, 2.75) is 89.3 Å². The van der Waals surface area contributed by atoms with E-state index < -0.39 is 49.0 Å². The number of aliphatic hydroxyl groups is 2. The summed E-state index contributed by atoms with van der Waals surface area (Å²) in [6.45, 7) is 14.2. The molecule has 16 heteroatoms. The molecule has 0 aliphatic carbocycles. The summed E-state index contributed by atoms with van der Waals surface area (Å²) >= 11 is 0. The van der Waals surface area contributed by atoms with Crippen LogP contribution >= 0.6 is 0 Å². The molecular formula is C45H59N3O13. The number of hydrogen-bond acceptors (Lipinski definition) is 14. The summed E-state index contributed by atoms with van der Waals surface area (Å²) in [6.07, 6.45) is -0.344. The van der Waals surface area contributed by atoms with E-state index in [1.165, 1.54) is 12.0 Å². The van der Waals surface area contributed by atoms with E-state index in [0.29, 0.717) is 111 Å². The van der Waals surface area contributed by atoms with Gasteiger partial charge in [0.05, 0.1) is 70.6 Å². The number of anilines is 1. The number of ether oxygens (including phenoxy) is 7. The van der Waals surface area contributed by atoms with Crippen LogP contribution in [0.25, 0.3) is 0 Å². The first-order chi connectivity index (χ1) is 29.4. The molecule has 1 unspecified atom stereocenters. The largest absolute Gasteiger partial charge is 0.493 e. The minimum absolute atomic E-state index is 0.0582. The van der Waals surface area contributed by atoms with Crippen molar-refractivity contribution in [3.63, 3.8) is 0 Å². The second-order valence-corrected chi connectivity index (χ2v) is 15.9. The van der Waals surface area contributed by atoms with E-state index in [1.807, 2.05) is 6.92 Å². The van der Waals surface area contributed by atoms with Crippen molar-refractivity contribution in [3.05, 3.63) is 70.8 Å². The number of unbranched alkanes of at least 4 members (excludes halogenated alkanes) is 2. The zero-order chi connectivity index (χ0) is 43.8. The zero-order valence-corrected chi connectivity index (χ0v) is 35.7. The summed E-state index contributed by atoms with van der Waals surface area (Å²) in [6, 6.07) is 5.85. The lowest BCUT2D eigenvalue weighted by molar-refractivity contribution is -0.148. The Hall–Kier alpha value is -5.00. The van der Waals surface area contributed by atoms with E-state index >= 15 is 0 Å². The Labute approximate surface area is 356 Å². The number of nitrogens with zero attached hydrogens (tertiary/aromatic N) is 3. The zero-order valence-electron chi connectivity index (χ0n) is 35.7. The molecule has 2 N–H and O–H groups in total. The Morgan fingerprint density at radius 1 is 0.820 bits per heavy atom. The Morgan fingerprint density at radius 2 is 1.54 bits per heavy atom. The smallest absolute Gasteiger partial charge is 0.416 e. The minimum atomic E-state index is -1.29. The molecule has 4 aliphatic rings. The monoisotopic (exact) mass is 849 g/mol. The molecule has 16 nitrogen and oxygen atoms in total. The highest BCUT2D eigenvalue weighted by Crippen LogP contribution is 2.43. The van der Waals surface area contributed by atoms with E-state index in [2.05, 4.69) is 18.1 Å². The Bertz CT molecular complexity index is 1970. The third kappa shape index (κ3) is 10.4.